The van der Waals surface area contributed by atoms with Gasteiger partial charge in [-0.25, -0.2) is 0 Å². The van der Waals surface area contributed by atoms with Crippen LogP contribution in [0.1, 0.15) is 33.6 Å². The second-order valence-electron chi connectivity index (χ2n) is 6.44. The van der Waals surface area contributed by atoms with E-state index >= 15 is 0 Å². The van der Waals surface area contributed by atoms with Crippen LogP contribution in [0.3, 0.4) is 0 Å². The molecule has 2 heterocycles. The molecular formula is C18H15F6NO2S. The summed E-state index contributed by atoms with van der Waals surface area (Å²) in [6.45, 7) is 0.298. The third-order valence-electron chi connectivity index (χ3n) is 4.66. The largest absolute Gasteiger partial charge is 0.430 e. The quantitative estimate of drug-likeness (QED) is 0.688. The number of aliphatic hydroxyl groups is 1. The third-order valence-corrected chi connectivity index (χ3v) is 5.52. The normalized spacial score (nSPS) is 15.9. The average Bonchev–Trinajstić information content (AvgIpc) is 3.05. The van der Waals surface area contributed by atoms with Gasteiger partial charge in [0.2, 0.25) is 0 Å². The first-order chi connectivity index (χ1) is 13.0. The Bertz CT molecular complexity index is 846. The number of thiophene rings is 1. The van der Waals surface area contributed by atoms with Crippen LogP contribution in [0.15, 0.2) is 35.7 Å². The molecular weight excluding hydrogens is 408 g/mol. The van der Waals surface area contributed by atoms with E-state index in [1.165, 1.54) is 16.2 Å². The molecule has 152 valence electrons. The van der Waals surface area contributed by atoms with Gasteiger partial charge in [-0.2, -0.15) is 26.3 Å². The minimum Gasteiger partial charge on any atom is -0.369 e. The molecule has 1 amide bonds. The van der Waals surface area contributed by atoms with Crippen molar-refractivity contribution in [3.63, 3.8) is 0 Å². The third kappa shape index (κ3) is 3.39. The van der Waals surface area contributed by atoms with Crippen molar-refractivity contribution in [2.24, 2.45) is 0 Å². The lowest BCUT2D eigenvalue weighted by atomic mass is 9.89. The first-order valence-corrected chi connectivity index (χ1v) is 9.19. The predicted molar refractivity (Wildman–Crippen MR) is 91.4 cm³/mol. The van der Waals surface area contributed by atoms with Gasteiger partial charge in [0.15, 0.2) is 0 Å². The highest BCUT2D eigenvalue weighted by molar-refractivity contribution is 7.12. The van der Waals surface area contributed by atoms with E-state index in [4.69, 9.17) is 0 Å². The second kappa shape index (κ2) is 7.07. The van der Waals surface area contributed by atoms with Crippen molar-refractivity contribution >= 4 is 22.9 Å². The number of alkyl halides is 6. The summed E-state index contributed by atoms with van der Waals surface area (Å²) in [7, 11) is 0. The van der Waals surface area contributed by atoms with Crippen molar-refractivity contribution in [1.29, 1.82) is 0 Å². The molecule has 10 heteroatoms. The van der Waals surface area contributed by atoms with E-state index in [9.17, 15) is 36.2 Å². The summed E-state index contributed by atoms with van der Waals surface area (Å²) in [6, 6.07) is 5.60. The van der Waals surface area contributed by atoms with Gasteiger partial charge in [0.1, 0.15) is 0 Å². The summed E-state index contributed by atoms with van der Waals surface area (Å²) >= 11 is 1.19. The van der Waals surface area contributed by atoms with Crippen LogP contribution in [0.5, 0.6) is 0 Å². The van der Waals surface area contributed by atoms with E-state index < -0.39 is 23.5 Å². The Morgan fingerprint density at radius 3 is 2.29 bits per heavy atom. The molecule has 0 unspecified atom stereocenters. The van der Waals surface area contributed by atoms with Gasteiger partial charge in [0.05, 0.1) is 4.88 Å². The number of hydrogen-bond donors (Lipinski definition) is 1. The second-order valence-corrected chi connectivity index (χ2v) is 7.39. The van der Waals surface area contributed by atoms with E-state index in [0.717, 1.165) is 6.07 Å². The highest BCUT2D eigenvalue weighted by Gasteiger charge is 2.71. The lowest BCUT2D eigenvalue weighted by Gasteiger charge is -2.33. The number of aryl methyl sites for hydroxylation is 1. The van der Waals surface area contributed by atoms with Gasteiger partial charge in [-0.05, 0) is 42.3 Å². The van der Waals surface area contributed by atoms with Crippen molar-refractivity contribution in [3.05, 3.63) is 51.7 Å². The molecule has 1 aromatic carbocycles. The summed E-state index contributed by atoms with van der Waals surface area (Å²) in [5, 5.41) is 11.3. The fourth-order valence-electron chi connectivity index (χ4n) is 3.21. The molecule has 0 atom stereocenters. The lowest BCUT2D eigenvalue weighted by molar-refractivity contribution is -0.376. The molecule has 28 heavy (non-hydrogen) atoms. The topological polar surface area (TPSA) is 40.5 Å². The smallest absolute Gasteiger partial charge is 0.369 e. The van der Waals surface area contributed by atoms with Crippen LogP contribution in [0.2, 0.25) is 0 Å². The zero-order valence-electron chi connectivity index (χ0n) is 14.3. The van der Waals surface area contributed by atoms with Crippen LogP contribution >= 0.6 is 11.3 Å². The number of halogens is 6. The Morgan fingerprint density at radius 1 is 1.04 bits per heavy atom. The molecule has 0 saturated carbocycles. The van der Waals surface area contributed by atoms with Crippen molar-refractivity contribution in [2.45, 2.75) is 37.2 Å². The Hall–Kier alpha value is -2.07. The number of amides is 1. The summed E-state index contributed by atoms with van der Waals surface area (Å²) < 4.78 is 78.9. The molecule has 1 aliphatic rings. The summed E-state index contributed by atoms with van der Waals surface area (Å²) in [4.78, 5) is 14.5. The fourth-order valence-corrected chi connectivity index (χ4v) is 3.88. The van der Waals surface area contributed by atoms with Crippen molar-refractivity contribution < 1.29 is 36.2 Å². The summed E-state index contributed by atoms with van der Waals surface area (Å²) in [5.74, 6) is -0.368. The van der Waals surface area contributed by atoms with E-state index in [1.807, 2.05) is 0 Å². The van der Waals surface area contributed by atoms with Gasteiger partial charge in [0, 0.05) is 17.8 Å². The number of nitrogens with zero attached hydrogens (tertiary/aromatic N) is 1. The minimum atomic E-state index is -5.95. The van der Waals surface area contributed by atoms with E-state index in [-0.39, 0.29) is 23.6 Å². The SMILES string of the molecule is O=C(c1cccs1)N1CCCCc2cc(C(O)(C(F)(F)F)C(F)(F)F)ccc21. The van der Waals surface area contributed by atoms with Gasteiger partial charge in [0.25, 0.3) is 11.5 Å². The van der Waals surface area contributed by atoms with Gasteiger partial charge in [-0.3, -0.25) is 4.79 Å². The maximum atomic E-state index is 13.2. The summed E-state index contributed by atoms with van der Waals surface area (Å²) in [6.07, 6.45) is -10.7. The highest BCUT2D eigenvalue weighted by atomic mass is 32.1. The average molecular weight is 423 g/mol. The fraction of sp³-hybridized carbons (Fsp3) is 0.389. The van der Waals surface area contributed by atoms with Crippen LogP contribution in [0, 0.1) is 0 Å². The Balaban J connectivity index is 2.09. The van der Waals surface area contributed by atoms with Gasteiger partial charge in [-0.15, -0.1) is 11.3 Å². The maximum absolute atomic E-state index is 13.2. The zero-order valence-corrected chi connectivity index (χ0v) is 15.1. The van der Waals surface area contributed by atoms with E-state index in [2.05, 4.69) is 0 Å². The molecule has 3 rings (SSSR count). The molecule has 1 aliphatic heterocycles. The van der Waals surface area contributed by atoms with Gasteiger partial charge < -0.3 is 10.0 Å². The molecule has 0 radical (unpaired) electrons. The number of carbonyl (C=O) groups excluding carboxylic acids is 1. The van der Waals surface area contributed by atoms with Crippen molar-refractivity contribution in [3.8, 4) is 0 Å². The maximum Gasteiger partial charge on any atom is 0.430 e. The van der Waals surface area contributed by atoms with E-state index in [0.29, 0.717) is 36.4 Å². The van der Waals surface area contributed by atoms with Crippen LogP contribution in [-0.2, 0) is 12.0 Å². The first kappa shape index (κ1) is 20.7. The molecule has 1 aromatic heterocycles. The Morgan fingerprint density at radius 2 is 1.71 bits per heavy atom. The molecule has 3 nitrogen and oxygen atoms in total. The first-order valence-electron chi connectivity index (χ1n) is 8.31. The summed E-state index contributed by atoms with van der Waals surface area (Å²) in [5.41, 5.74) is -5.88. The lowest BCUT2D eigenvalue weighted by Crippen LogP contribution is -2.54. The van der Waals surface area contributed by atoms with Crippen LogP contribution in [0.4, 0.5) is 32.0 Å². The van der Waals surface area contributed by atoms with Crippen molar-refractivity contribution in [2.75, 3.05) is 11.4 Å². The van der Waals surface area contributed by atoms with Gasteiger partial charge >= 0.3 is 12.4 Å². The van der Waals surface area contributed by atoms with Gasteiger partial charge in [-0.1, -0.05) is 18.2 Å². The van der Waals surface area contributed by atoms with Crippen molar-refractivity contribution in [1.82, 2.24) is 0 Å². The standard InChI is InChI=1S/C18H15F6NO2S/c19-17(20,21)16(27,18(22,23)24)12-6-7-13-11(10-12)4-1-2-8-25(13)15(26)14-5-3-9-28-14/h3,5-7,9-10,27H,1-2,4,8H2. The number of anilines is 1. The van der Waals surface area contributed by atoms with Crippen LogP contribution < -0.4 is 4.90 Å². The number of fused-ring (bicyclic) bond motifs is 1. The molecule has 0 fully saturated rings. The van der Waals surface area contributed by atoms with Crippen LogP contribution in [0.25, 0.3) is 0 Å². The zero-order chi connectivity index (χ0) is 20.7. The van der Waals surface area contributed by atoms with Crippen LogP contribution in [-0.4, -0.2) is 29.9 Å². The monoisotopic (exact) mass is 423 g/mol. The molecule has 0 aliphatic carbocycles. The number of rotatable bonds is 2. The number of benzene rings is 1. The highest BCUT2D eigenvalue weighted by Crippen LogP contribution is 2.50. The minimum absolute atomic E-state index is 0.159. The predicted octanol–water partition coefficient (Wildman–Crippen LogP) is 5.04. The van der Waals surface area contributed by atoms with E-state index in [1.54, 1.807) is 17.5 Å². The number of hydrogen-bond acceptors (Lipinski definition) is 3. The molecule has 0 saturated heterocycles. The molecule has 0 bridgehead atoms. The number of carbonyl (C=O) groups is 1. The molecule has 1 N–H and O–H groups in total. The Kier molecular flexibility index (Phi) is 5.22. The molecule has 2 aromatic rings. The molecule has 0 spiro atoms. The Labute approximate surface area is 160 Å².